The maximum atomic E-state index is 11.6. The first kappa shape index (κ1) is 20.9. The molecule has 5 nitrogen and oxygen atoms in total. The van der Waals surface area contributed by atoms with E-state index in [9.17, 15) is 9.90 Å². The van der Waals surface area contributed by atoms with Gasteiger partial charge in [0, 0.05) is 13.2 Å². The first-order valence-electron chi connectivity index (χ1n) is 6.67. The van der Waals surface area contributed by atoms with Crippen molar-refractivity contribution in [3.05, 3.63) is 0 Å². The Labute approximate surface area is 122 Å². The summed E-state index contributed by atoms with van der Waals surface area (Å²) in [5, 5.41) is 12.2. The van der Waals surface area contributed by atoms with E-state index >= 15 is 0 Å². The summed E-state index contributed by atoms with van der Waals surface area (Å²) in [5.74, 6) is 0.359. The molecule has 0 aromatic rings. The van der Waals surface area contributed by atoms with Crippen LogP contribution in [-0.4, -0.2) is 42.9 Å². The summed E-state index contributed by atoms with van der Waals surface area (Å²) in [4.78, 5) is 11.6. The van der Waals surface area contributed by atoms with Crippen LogP contribution in [0.15, 0.2) is 0 Å². The third-order valence-corrected chi connectivity index (χ3v) is 2.83. The molecule has 4 N–H and O–H groups in total. The molecule has 0 heterocycles. The molecule has 0 aromatic heterocycles. The van der Waals surface area contributed by atoms with Crippen LogP contribution in [0.5, 0.6) is 0 Å². The van der Waals surface area contributed by atoms with Crippen LogP contribution in [0.4, 0.5) is 0 Å². The fourth-order valence-corrected chi connectivity index (χ4v) is 1.35. The molecule has 116 valence electrons. The molecule has 0 aliphatic carbocycles. The molecule has 3 unspecified atom stereocenters. The molecule has 0 aromatic carbocycles. The van der Waals surface area contributed by atoms with E-state index in [1.165, 1.54) is 0 Å². The Kier molecular flexibility index (Phi) is 12.6. The lowest BCUT2D eigenvalue weighted by molar-refractivity contribution is -0.124. The van der Waals surface area contributed by atoms with Gasteiger partial charge in [0.2, 0.25) is 5.91 Å². The smallest absolute Gasteiger partial charge is 0.237 e. The number of carbonyl (C=O) groups is 1. The molecule has 0 radical (unpaired) electrons. The number of halogens is 1. The second kappa shape index (κ2) is 11.5. The minimum Gasteiger partial charge on any atom is -0.389 e. The Bertz CT molecular complexity index is 240. The molecule has 3 atom stereocenters. The molecular formula is C13H29ClN2O3. The quantitative estimate of drug-likeness (QED) is 0.591. The maximum absolute atomic E-state index is 11.6. The van der Waals surface area contributed by atoms with Crippen LogP contribution in [-0.2, 0) is 9.53 Å². The summed E-state index contributed by atoms with van der Waals surface area (Å²) in [5.41, 5.74) is 5.77. The van der Waals surface area contributed by atoms with E-state index in [2.05, 4.69) is 5.32 Å². The van der Waals surface area contributed by atoms with Crippen LogP contribution in [0.1, 0.15) is 34.1 Å². The SMILES string of the molecule is CCC(C)C(N)C(=O)NCC(O)COCC(C)C.Cl. The van der Waals surface area contributed by atoms with Gasteiger partial charge in [0.25, 0.3) is 0 Å². The number of aliphatic hydroxyl groups is 1. The topological polar surface area (TPSA) is 84.6 Å². The zero-order valence-electron chi connectivity index (χ0n) is 12.4. The second-order valence-corrected chi connectivity index (χ2v) is 5.24. The Morgan fingerprint density at radius 2 is 1.89 bits per heavy atom. The van der Waals surface area contributed by atoms with Gasteiger partial charge in [-0.3, -0.25) is 4.79 Å². The van der Waals surface area contributed by atoms with Gasteiger partial charge in [0.1, 0.15) is 0 Å². The van der Waals surface area contributed by atoms with Gasteiger partial charge in [-0.2, -0.15) is 0 Å². The molecule has 0 saturated carbocycles. The maximum Gasteiger partial charge on any atom is 0.237 e. The number of ether oxygens (including phenoxy) is 1. The number of aliphatic hydroxyl groups excluding tert-OH is 1. The third-order valence-electron chi connectivity index (χ3n) is 2.83. The van der Waals surface area contributed by atoms with Crippen LogP contribution in [0.25, 0.3) is 0 Å². The van der Waals surface area contributed by atoms with Gasteiger partial charge < -0.3 is 20.9 Å². The standard InChI is InChI=1S/C13H28N2O3.ClH/c1-5-10(4)12(14)13(17)15-6-11(16)8-18-7-9(2)3;/h9-12,16H,5-8,14H2,1-4H3,(H,15,17);1H. The van der Waals surface area contributed by atoms with E-state index in [-0.39, 0.29) is 37.4 Å². The van der Waals surface area contributed by atoms with Gasteiger partial charge in [0.05, 0.1) is 18.8 Å². The van der Waals surface area contributed by atoms with Crippen LogP contribution in [0.3, 0.4) is 0 Å². The van der Waals surface area contributed by atoms with E-state index in [1.54, 1.807) is 0 Å². The van der Waals surface area contributed by atoms with Crippen LogP contribution in [0, 0.1) is 11.8 Å². The second-order valence-electron chi connectivity index (χ2n) is 5.24. The van der Waals surface area contributed by atoms with Gasteiger partial charge in [-0.15, -0.1) is 12.4 Å². The van der Waals surface area contributed by atoms with Crippen LogP contribution in [0.2, 0.25) is 0 Å². The molecule has 19 heavy (non-hydrogen) atoms. The van der Waals surface area contributed by atoms with Gasteiger partial charge in [-0.25, -0.2) is 0 Å². The normalized spacial score (nSPS) is 15.5. The minimum absolute atomic E-state index is 0. The number of amides is 1. The molecule has 0 fully saturated rings. The average Bonchev–Trinajstić information content (AvgIpc) is 2.33. The predicted octanol–water partition coefficient (Wildman–Crippen LogP) is 0.931. The first-order valence-corrected chi connectivity index (χ1v) is 6.67. The number of hydrogen-bond acceptors (Lipinski definition) is 4. The van der Waals surface area contributed by atoms with Crippen molar-refractivity contribution in [3.8, 4) is 0 Å². The fourth-order valence-electron chi connectivity index (χ4n) is 1.35. The molecule has 1 amide bonds. The Morgan fingerprint density at radius 3 is 2.37 bits per heavy atom. The summed E-state index contributed by atoms with van der Waals surface area (Å²) in [7, 11) is 0. The number of nitrogens with one attached hydrogen (secondary N) is 1. The minimum atomic E-state index is -0.683. The lowest BCUT2D eigenvalue weighted by Crippen LogP contribution is -2.47. The highest BCUT2D eigenvalue weighted by molar-refractivity contribution is 5.85. The third kappa shape index (κ3) is 10.1. The molecule has 6 heteroatoms. The molecular weight excluding hydrogens is 268 g/mol. The first-order chi connectivity index (χ1) is 8.38. The Morgan fingerprint density at radius 1 is 1.32 bits per heavy atom. The summed E-state index contributed by atoms with van der Waals surface area (Å²) in [6.07, 6.45) is 0.172. The van der Waals surface area contributed by atoms with Gasteiger partial charge >= 0.3 is 0 Å². The monoisotopic (exact) mass is 296 g/mol. The van der Waals surface area contributed by atoms with Gasteiger partial charge in [-0.05, 0) is 11.8 Å². The van der Waals surface area contributed by atoms with Crippen molar-refractivity contribution >= 4 is 18.3 Å². The summed E-state index contributed by atoms with van der Waals surface area (Å²) in [6.45, 7) is 9.03. The summed E-state index contributed by atoms with van der Waals surface area (Å²) < 4.78 is 5.29. The van der Waals surface area contributed by atoms with Gasteiger partial charge in [0.15, 0.2) is 0 Å². The van der Waals surface area contributed by atoms with Crippen LogP contribution >= 0.6 is 12.4 Å². The van der Waals surface area contributed by atoms with Crippen molar-refractivity contribution in [2.75, 3.05) is 19.8 Å². The molecule has 0 aliphatic rings. The average molecular weight is 297 g/mol. The molecule has 0 aliphatic heterocycles. The van der Waals surface area contributed by atoms with E-state index in [4.69, 9.17) is 10.5 Å². The zero-order chi connectivity index (χ0) is 14.1. The molecule has 0 bridgehead atoms. The largest absolute Gasteiger partial charge is 0.389 e. The number of nitrogens with two attached hydrogens (primary N) is 1. The van der Waals surface area contributed by atoms with Gasteiger partial charge in [-0.1, -0.05) is 34.1 Å². The Hall–Kier alpha value is -0.360. The molecule has 0 rings (SSSR count). The van der Waals surface area contributed by atoms with E-state index in [0.717, 1.165) is 6.42 Å². The van der Waals surface area contributed by atoms with E-state index < -0.39 is 12.1 Å². The predicted molar refractivity (Wildman–Crippen MR) is 79.4 cm³/mol. The Balaban J connectivity index is 0. The lowest BCUT2D eigenvalue weighted by Gasteiger charge is -2.19. The highest BCUT2D eigenvalue weighted by atomic mass is 35.5. The number of hydrogen-bond donors (Lipinski definition) is 3. The summed E-state index contributed by atoms with van der Waals surface area (Å²) >= 11 is 0. The van der Waals surface area contributed by atoms with Crippen molar-refractivity contribution < 1.29 is 14.6 Å². The van der Waals surface area contributed by atoms with Crippen molar-refractivity contribution in [1.29, 1.82) is 0 Å². The fraction of sp³-hybridized carbons (Fsp3) is 0.923. The van der Waals surface area contributed by atoms with E-state index in [1.807, 2.05) is 27.7 Å². The van der Waals surface area contributed by atoms with Crippen molar-refractivity contribution in [2.24, 2.45) is 17.6 Å². The van der Waals surface area contributed by atoms with E-state index in [0.29, 0.717) is 12.5 Å². The summed E-state index contributed by atoms with van der Waals surface area (Å²) in [6, 6.07) is -0.515. The van der Waals surface area contributed by atoms with Crippen molar-refractivity contribution in [1.82, 2.24) is 5.32 Å². The number of carbonyl (C=O) groups excluding carboxylic acids is 1. The van der Waals surface area contributed by atoms with Crippen LogP contribution < -0.4 is 11.1 Å². The molecule has 0 saturated heterocycles. The number of rotatable bonds is 9. The lowest BCUT2D eigenvalue weighted by atomic mass is 9.99. The highest BCUT2D eigenvalue weighted by Gasteiger charge is 2.19. The van der Waals surface area contributed by atoms with Crippen molar-refractivity contribution in [2.45, 2.75) is 46.3 Å². The van der Waals surface area contributed by atoms with Crippen molar-refractivity contribution in [3.63, 3.8) is 0 Å². The highest BCUT2D eigenvalue weighted by Crippen LogP contribution is 2.04. The zero-order valence-corrected chi connectivity index (χ0v) is 13.2. The molecule has 0 spiro atoms.